The first kappa shape index (κ1) is 26.0. The van der Waals surface area contributed by atoms with Crippen LogP contribution in [-0.4, -0.2) is 45.8 Å². The Morgan fingerprint density at radius 3 is 2.26 bits per heavy atom. The van der Waals surface area contributed by atoms with Crippen LogP contribution in [0.2, 0.25) is 0 Å². The van der Waals surface area contributed by atoms with E-state index in [1.165, 1.54) is 33.5 Å². The Morgan fingerprint density at radius 1 is 1.09 bits per heavy atom. The van der Waals surface area contributed by atoms with Crippen molar-refractivity contribution in [2.45, 2.75) is 44.7 Å². The van der Waals surface area contributed by atoms with Gasteiger partial charge in [0.25, 0.3) is 5.91 Å². The number of piperidine rings is 1. The first-order valence-corrected chi connectivity index (χ1v) is 12.5. The third-order valence-corrected chi connectivity index (χ3v) is 8.34. The minimum absolute atomic E-state index is 0.00574. The zero-order valence-corrected chi connectivity index (χ0v) is 20.8. The van der Waals surface area contributed by atoms with Gasteiger partial charge in [0, 0.05) is 38.4 Å². The molecule has 1 amide bonds. The predicted octanol–water partition coefficient (Wildman–Crippen LogP) is 5.06. The second-order valence-corrected chi connectivity index (χ2v) is 11.0. The van der Waals surface area contributed by atoms with Crippen molar-refractivity contribution in [1.29, 1.82) is 0 Å². The number of amides is 1. The van der Waals surface area contributed by atoms with Gasteiger partial charge in [0.2, 0.25) is 10.0 Å². The van der Waals surface area contributed by atoms with Crippen LogP contribution in [0.4, 0.5) is 24.5 Å². The fraction of sp³-hybridized carbons (Fsp3) is 0.458. The lowest BCUT2D eigenvalue weighted by Crippen LogP contribution is -2.38. The molecule has 2 aromatic carbocycles. The molecule has 34 heavy (non-hydrogen) atoms. The molecule has 0 spiro atoms. The molecular formula is C24H30F3N3O3S. The van der Waals surface area contributed by atoms with Crippen LogP contribution in [0.5, 0.6) is 0 Å². The van der Waals surface area contributed by atoms with Gasteiger partial charge in [0.1, 0.15) is 0 Å². The lowest BCUT2D eigenvalue weighted by Gasteiger charge is -2.30. The Bertz CT molecular complexity index is 1190. The van der Waals surface area contributed by atoms with E-state index < -0.39 is 33.4 Å². The molecule has 1 aliphatic heterocycles. The van der Waals surface area contributed by atoms with Gasteiger partial charge in [-0.2, -0.15) is 17.5 Å². The predicted molar refractivity (Wildman–Crippen MR) is 127 cm³/mol. The highest BCUT2D eigenvalue weighted by Gasteiger charge is 2.35. The first-order valence-electron chi connectivity index (χ1n) is 11.0. The van der Waals surface area contributed by atoms with Crippen LogP contribution >= 0.6 is 0 Å². The molecule has 0 aromatic heterocycles. The Labute approximate surface area is 198 Å². The summed E-state index contributed by atoms with van der Waals surface area (Å²) in [6, 6.07) is 6.38. The standard InChI is InChI=1S/C24H30F3N3O3S/c1-15-8-10-30(11-9-15)34(32,33)22-13-18(12-16(2)17(22)3)23(31)28-21-7-6-19(29(4)5)14-20(21)24(25,26)27/h6-7,12-15H,8-11H2,1-5H3,(H,28,31). The minimum Gasteiger partial charge on any atom is -0.378 e. The summed E-state index contributed by atoms with van der Waals surface area (Å²) in [6.07, 6.45) is -3.18. The van der Waals surface area contributed by atoms with Crippen molar-refractivity contribution in [3.63, 3.8) is 0 Å². The second-order valence-electron chi connectivity index (χ2n) is 9.08. The number of nitrogens with zero attached hydrogens (tertiary/aromatic N) is 2. The van der Waals surface area contributed by atoms with Crippen molar-refractivity contribution in [3.05, 3.63) is 52.6 Å². The quantitative estimate of drug-likeness (QED) is 0.627. The molecule has 0 aliphatic carbocycles. The maximum atomic E-state index is 13.7. The van der Waals surface area contributed by atoms with Crippen LogP contribution in [-0.2, 0) is 16.2 Å². The molecule has 1 N–H and O–H groups in total. The maximum Gasteiger partial charge on any atom is 0.418 e. The van der Waals surface area contributed by atoms with Crippen LogP contribution in [0, 0.1) is 19.8 Å². The van der Waals surface area contributed by atoms with Gasteiger partial charge in [-0.3, -0.25) is 4.79 Å². The number of hydrogen-bond donors (Lipinski definition) is 1. The number of halogens is 3. The van der Waals surface area contributed by atoms with Crippen molar-refractivity contribution in [2.24, 2.45) is 5.92 Å². The molecule has 0 bridgehead atoms. The smallest absolute Gasteiger partial charge is 0.378 e. The Hall–Kier alpha value is -2.59. The molecule has 0 atom stereocenters. The highest BCUT2D eigenvalue weighted by atomic mass is 32.2. The molecule has 0 saturated carbocycles. The number of sulfonamides is 1. The van der Waals surface area contributed by atoms with Crippen molar-refractivity contribution in [2.75, 3.05) is 37.4 Å². The number of carbonyl (C=O) groups excluding carboxylic acids is 1. The highest BCUT2D eigenvalue weighted by molar-refractivity contribution is 7.89. The van der Waals surface area contributed by atoms with E-state index in [9.17, 15) is 26.4 Å². The van der Waals surface area contributed by atoms with Crippen LogP contribution < -0.4 is 10.2 Å². The summed E-state index contributed by atoms with van der Waals surface area (Å²) in [5.41, 5.74) is 0.0246. The third-order valence-electron chi connectivity index (χ3n) is 6.32. The van der Waals surface area contributed by atoms with Gasteiger partial charge in [-0.25, -0.2) is 8.42 Å². The first-order chi connectivity index (χ1) is 15.7. The molecule has 0 radical (unpaired) electrons. The molecule has 3 rings (SSSR count). The van der Waals surface area contributed by atoms with Crippen molar-refractivity contribution in [3.8, 4) is 0 Å². The zero-order chi connectivity index (χ0) is 25.4. The summed E-state index contributed by atoms with van der Waals surface area (Å²) in [4.78, 5) is 14.5. The summed E-state index contributed by atoms with van der Waals surface area (Å²) in [6.45, 7) is 6.20. The number of nitrogens with one attached hydrogen (secondary N) is 1. The number of rotatable bonds is 5. The second kappa shape index (κ2) is 9.58. The van der Waals surface area contributed by atoms with E-state index in [1.54, 1.807) is 27.9 Å². The molecule has 1 saturated heterocycles. The van der Waals surface area contributed by atoms with Crippen molar-refractivity contribution >= 4 is 27.3 Å². The third kappa shape index (κ3) is 5.38. The van der Waals surface area contributed by atoms with Gasteiger partial charge >= 0.3 is 6.18 Å². The van der Waals surface area contributed by atoms with Gasteiger partial charge < -0.3 is 10.2 Å². The lowest BCUT2D eigenvalue weighted by atomic mass is 10.0. The van der Waals surface area contributed by atoms with Crippen molar-refractivity contribution in [1.82, 2.24) is 4.31 Å². The summed E-state index contributed by atoms with van der Waals surface area (Å²) in [5, 5.41) is 2.32. The van der Waals surface area contributed by atoms with E-state index in [2.05, 4.69) is 12.2 Å². The van der Waals surface area contributed by atoms with Gasteiger partial charge in [0.15, 0.2) is 0 Å². The molecule has 6 nitrogen and oxygen atoms in total. The van der Waals surface area contributed by atoms with E-state index >= 15 is 0 Å². The monoisotopic (exact) mass is 497 g/mol. The lowest BCUT2D eigenvalue weighted by molar-refractivity contribution is -0.136. The number of aryl methyl sites for hydroxylation is 1. The topological polar surface area (TPSA) is 69.7 Å². The molecule has 186 valence electrons. The summed E-state index contributed by atoms with van der Waals surface area (Å²) in [5.74, 6) is -0.372. The fourth-order valence-electron chi connectivity index (χ4n) is 3.94. The maximum absolute atomic E-state index is 13.7. The number of hydrogen-bond acceptors (Lipinski definition) is 4. The van der Waals surface area contributed by atoms with Crippen LogP contribution in [0.25, 0.3) is 0 Å². The number of carbonyl (C=O) groups is 1. The van der Waals surface area contributed by atoms with Crippen LogP contribution in [0.1, 0.15) is 46.8 Å². The van der Waals surface area contributed by atoms with Gasteiger partial charge in [0.05, 0.1) is 16.1 Å². The van der Waals surface area contributed by atoms with E-state index in [0.29, 0.717) is 35.8 Å². The number of anilines is 2. The molecule has 2 aromatic rings. The molecule has 1 heterocycles. The normalized spacial score (nSPS) is 15.9. The Morgan fingerprint density at radius 2 is 1.71 bits per heavy atom. The van der Waals surface area contributed by atoms with E-state index in [0.717, 1.165) is 18.9 Å². The molecule has 10 heteroatoms. The average Bonchev–Trinajstić information content (AvgIpc) is 2.75. The summed E-state index contributed by atoms with van der Waals surface area (Å²) < 4.78 is 69.1. The Kier molecular flexibility index (Phi) is 7.33. The molecule has 0 unspecified atom stereocenters. The SMILES string of the molecule is Cc1cc(C(=O)Nc2ccc(N(C)C)cc2C(F)(F)F)cc(S(=O)(=O)N2CCC(C)CC2)c1C. The molecular weight excluding hydrogens is 467 g/mol. The van der Waals surface area contributed by atoms with E-state index in [4.69, 9.17) is 0 Å². The van der Waals surface area contributed by atoms with Gasteiger partial charge in [-0.15, -0.1) is 0 Å². The van der Waals surface area contributed by atoms with Gasteiger partial charge in [-0.1, -0.05) is 6.92 Å². The van der Waals surface area contributed by atoms with Crippen molar-refractivity contribution < 1.29 is 26.4 Å². The van der Waals surface area contributed by atoms with E-state index in [-0.39, 0.29) is 10.5 Å². The average molecular weight is 498 g/mol. The number of alkyl halides is 3. The van der Waals surface area contributed by atoms with Crippen LogP contribution in [0.15, 0.2) is 35.2 Å². The molecule has 1 fully saturated rings. The fourth-order valence-corrected chi connectivity index (χ4v) is 5.73. The molecule has 1 aliphatic rings. The minimum atomic E-state index is -4.68. The number of benzene rings is 2. The summed E-state index contributed by atoms with van der Waals surface area (Å²) in [7, 11) is -0.609. The van der Waals surface area contributed by atoms with E-state index in [1.807, 2.05) is 0 Å². The van der Waals surface area contributed by atoms with Gasteiger partial charge in [-0.05, 0) is 74.1 Å². The summed E-state index contributed by atoms with van der Waals surface area (Å²) >= 11 is 0. The zero-order valence-electron chi connectivity index (χ0n) is 20.0. The largest absolute Gasteiger partial charge is 0.418 e. The highest BCUT2D eigenvalue weighted by Crippen LogP contribution is 2.37. The Balaban J connectivity index is 1.98. The van der Waals surface area contributed by atoms with Crippen LogP contribution in [0.3, 0.4) is 0 Å².